The van der Waals surface area contributed by atoms with E-state index in [1.165, 1.54) is 0 Å². The molecule has 0 bridgehead atoms. The van der Waals surface area contributed by atoms with E-state index in [1.807, 2.05) is 167 Å². The number of nitriles is 3. The van der Waals surface area contributed by atoms with Crippen LogP contribution in [0.1, 0.15) is 48.8 Å². The molecule has 12 aromatic rings. The second kappa shape index (κ2) is 22.1. The van der Waals surface area contributed by atoms with Gasteiger partial charge in [0.05, 0.1) is 46.1 Å². The Morgan fingerprint density at radius 3 is 1.36 bits per heavy atom. The molecule has 10 nitrogen and oxygen atoms in total. The minimum atomic E-state index is -1.51. The SMILES string of the molecule is CC1(C)OB(c2cc(C#N)cc(-c3cccc4c3oc3ccccc34)c2)OC1(C)C.N#Cc1cc(Cl)cc(-c2cccc3c2oc2ccccc23)c1.N#Cc1cc(Cl)cc(Br)c1.OB(O)c1cccc2c1oc1ccccc12.[2HH].[2H][2H]. The summed E-state index contributed by atoms with van der Waals surface area (Å²) in [5, 5.41) is 53.0. The summed E-state index contributed by atoms with van der Waals surface area (Å²) in [6.07, 6.45) is 0. The third-order valence-corrected chi connectivity index (χ3v) is 14.7. The average Bonchev–Trinajstić information content (AvgIpc) is 4.41. The van der Waals surface area contributed by atoms with Gasteiger partial charge in [-0.15, -0.1) is 0 Å². The zero-order valence-electron chi connectivity index (χ0n) is 44.4. The Bertz CT molecular complexity index is 4380. The molecule has 2 N–H and O–H groups in total. The predicted octanol–water partition coefficient (Wildman–Crippen LogP) is 15.9. The number of halogens is 3. The van der Waals surface area contributed by atoms with Gasteiger partial charge >= 0.3 is 14.2 Å². The highest BCUT2D eigenvalue weighted by Crippen LogP contribution is 2.40. The van der Waals surface area contributed by atoms with Crippen LogP contribution >= 0.6 is 39.1 Å². The van der Waals surface area contributed by atoms with Crippen LogP contribution < -0.4 is 10.9 Å². The van der Waals surface area contributed by atoms with Crippen molar-refractivity contribution in [2.75, 3.05) is 0 Å². The van der Waals surface area contributed by atoms with Gasteiger partial charge in [0.1, 0.15) is 33.5 Å². The van der Waals surface area contributed by atoms with Crippen molar-refractivity contribution in [2.24, 2.45) is 0 Å². The van der Waals surface area contributed by atoms with E-state index >= 15 is 0 Å². The van der Waals surface area contributed by atoms with Crippen LogP contribution in [0.15, 0.2) is 200 Å². The summed E-state index contributed by atoms with van der Waals surface area (Å²) in [6.45, 7) is 8.10. The molecule has 0 radical (unpaired) electrons. The minimum absolute atomic E-state index is 0. The maximum atomic E-state index is 9.65. The van der Waals surface area contributed by atoms with Crippen molar-refractivity contribution in [3.8, 4) is 40.5 Å². The molecule has 0 atom stereocenters. The number of benzene rings is 9. The lowest BCUT2D eigenvalue weighted by molar-refractivity contribution is 0.00578. The Hall–Kier alpha value is -8.12. The lowest BCUT2D eigenvalue weighted by atomic mass is 9.77. The molecule has 13 rings (SSSR count). The van der Waals surface area contributed by atoms with Gasteiger partial charge in [-0.1, -0.05) is 154 Å². The van der Waals surface area contributed by atoms with E-state index < -0.39 is 25.4 Å². The van der Waals surface area contributed by atoms with Crippen LogP contribution in [0, 0.1) is 34.0 Å². The third kappa shape index (κ3) is 10.8. The molecule has 1 saturated heterocycles. The van der Waals surface area contributed by atoms with Crippen molar-refractivity contribution < 1.29 is 37.0 Å². The van der Waals surface area contributed by atoms with Crippen LogP contribution in [0.4, 0.5) is 0 Å². The lowest BCUT2D eigenvalue weighted by Gasteiger charge is -2.32. The van der Waals surface area contributed by atoms with E-state index in [-0.39, 0.29) is 1.43 Å². The number of furan rings is 3. The van der Waals surface area contributed by atoms with Crippen molar-refractivity contribution in [2.45, 2.75) is 38.9 Å². The van der Waals surface area contributed by atoms with Crippen LogP contribution in [0.3, 0.4) is 0 Å². The minimum Gasteiger partial charge on any atom is -0.456 e. The van der Waals surface area contributed by atoms with Gasteiger partial charge in [-0.3, -0.25) is 0 Å². The number of nitrogens with zero attached hydrogens (tertiary/aromatic N) is 3. The summed E-state index contributed by atoms with van der Waals surface area (Å²) in [5.74, 6) is 0. The fraction of sp³-hybridized carbons (Fsp3) is 0.0952. The number of rotatable bonds is 4. The van der Waals surface area contributed by atoms with E-state index in [4.69, 9.17) is 59.3 Å². The Kier molecular flexibility index (Phi) is 14.7. The first-order chi connectivity index (χ1) is 38.5. The van der Waals surface area contributed by atoms with E-state index in [9.17, 15) is 15.3 Å². The number of para-hydroxylation sites is 6. The van der Waals surface area contributed by atoms with Crippen molar-refractivity contribution in [1.29, 1.82) is 15.8 Å². The molecular formula is C63H48B2BrCl2N3O7. The highest BCUT2D eigenvalue weighted by atomic mass is 79.9. The van der Waals surface area contributed by atoms with Gasteiger partial charge < -0.3 is 32.6 Å². The standard InChI is InChI=1S/C25H22BNO3.C19H10ClNO.C12H9BO3.C7H3BrClN.2H2/c1-24(2)25(3,4)30-26(29-24)18-13-16(15-27)12-17(14-18)19-9-7-10-21-20-8-5-6-11-22(20)28-23(19)21;20-14-9-12(11-21)8-13(10-14)15-5-3-6-17-16-4-1-2-7-18(16)22-19(15)17;14-13(15)10-6-3-5-9-8-4-1-2-7-11(8)16-12(9)10;8-6-1-5(4-10)2-7(9)3-6;;/h5-14H,1-4H3;1-10H;1-7,14-15H;1-3H;2*1H/i;;;;1+1D;1+1. The largest absolute Gasteiger partial charge is 0.494 e. The molecule has 0 spiro atoms. The maximum absolute atomic E-state index is 9.65. The topological polar surface area (TPSA) is 170 Å². The summed E-state index contributed by atoms with van der Waals surface area (Å²) in [4.78, 5) is 0. The number of hydrogen-bond acceptors (Lipinski definition) is 10. The van der Waals surface area contributed by atoms with Gasteiger partial charge in [0.15, 0.2) is 0 Å². The first-order valence-corrected chi connectivity index (χ1v) is 26.1. The van der Waals surface area contributed by atoms with E-state index in [0.29, 0.717) is 37.8 Å². The zero-order valence-corrected chi connectivity index (χ0v) is 45.5. The number of hydrogen-bond donors (Lipinski definition) is 2. The predicted molar refractivity (Wildman–Crippen MR) is 320 cm³/mol. The molecule has 1 aliphatic heterocycles. The monoisotopic (exact) mass is 1130 g/mol. The third-order valence-electron chi connectivity index (χ3n) is 13.8. The molecule has 384 valence electrons. The van der Waals surface area contributed by atoms with Crippen LogP contribution in [0.25, 0.3) is 88.1 Å². The van der Waals surface area contributed by atoms with Crippen LogP contribution in [0.5, 0.6) is 0 Å². The summed E-state index contributed by atoms with van der Waals surface area (Å²) in [7, 11) is -2.04. The molecule has 0 saturated carbocycles. The molecular weight excluding hydrogens is 1080 g/mol. The van der Waals surface area contributed by atoms with Gasteiger partial charge in [-0.25, -0.2) is 0 Å². The zero-order chi connectivity index (χ0) is 56.9. The van der Waals surface area contributed by atoms with Gasteiger partial charge in [0.2, 0.25) is 0 Å². The highest BCUT2D eigenvalue weighted by Gasteiger charge is 2.52. The normalized spacial score (nSPS) is 13.3. The van der Waals surface area contributed by atoms with Gasteiger partial charge in [-0.05, 0) is 111 Å². The average molecular weight is 1130 g/mol. The molecule has 3 aromatic heterocycles. The van der Waals surface area contributed by atoms with Crippen molar-refractivity contribution in [3.05, 3.63) is 213 Å². The maximum Gasteiger partial charge on any atom is 0.494 e. The summed E-state index contributed by atoms with van der Waals surface area (Å²) >= 11 is 15.0. The molecule has 0 amide bonds. The molecule has 9 aromatic carbocycles. The molecule has 78 heavy (non-hydrogen) atoms. The van der Waals surface area contributed by atoms with E-state index in [2.05, 4.69) is 40.2 Å². The Balaban J connectivity index is 0.000000149. The second-order valence-corrected chi connectivity index (χ2v) is 21.2. The highest BCUT2D eigenvalue weighted by molar-refractivity contribution is 9.10. The second-order valence-electron chi connectivity index (χ2n) is 19.4. The van der Waals surface area contributed by atoms with Gasteiger partial charge in [0, 0.05) is 67.8 Å². The molecule has 4 heterocycles. The van der Waals surface area contributed by atoms with Crippen molar-refractivity contribution in [3.63, 3.8) is 0 Å². The van der Waals surface area contributed by atoms with Crippen LogP contribution in [0.2, 0.25) is 10.0 Å². The van der Waals surface area contributed by atoms with Crippen LogP contribution in [-0.4, -0.2) is 35.5 Å². The van der Waals surface area contributed by atoms with E-state index in [1.54, 1.807) is 36.4 Å². The molecule has 15 heteroatoms. The van der Waals surface area contributed by atoms with Crippen molar-refractivity contribution in [1.82, 2.24) is 0 Å². The lowest BCUT2D eigenvalue weighted by Crippen LogP contribution is -2.41. The van der Waals surface area contributed by atoms with Gasteiger partial charge in [-0.2, -0.15) is 15.8 Å². The molecule has 0 aliphatic carbocycles. The van der Waals surface area contributed by atoms with E-state index in [0.717, 1.165) is 92.4 Å². The first-order valence-electron chi connectivity index (χ1n) is 25.6. The Morgan fingerprint density at radius 1 is 0.487 bits per heavy atom. The fourth-order valence-electron chi connectivity index (χ4n) is 9.34. The van der Waals surface area contributed by atoms with Crippen LogP contribution in [-0.2, 0) is 9.31 Å². The quantitative estimate of drug-likeness (QED) is 0.162. The first kappa shape index (κ1) is 52.0. The smallest absolute Gasteiger partial charge is 0.456 e. The summed E-state index contributed by atoms with van der Waals surface area (Å²) in [5.41, 5.74) is 10.3. The number of fused-ring (bicyclic) bond motifs is 9. The summed E-state index contributed by atoms with van der Waals surface area (Å²) in [6, 6.07) is 63.6. The Labute approximate surface area is 472 Å². The van der Waals surface area contributed by atoms with Crippen molar-refractivity contribution >= 4 is 130 Å². The molecule has 0 unspecified atom stereocenters. The molecule has 1 aliphatic rings. The Morgan fingerprint density at radius 2 is 0.885 bits per heavy atom. The fourth-order valence-corrected chi connectivity index (χ4v) is 10.4. The molecule has 1 fully saturated rings. The summed E-state index contributed by atoms with van der Waals surface area (Å²) < 4.78 is 41.1. The van der Waals surface area contributed by atoms with Gasteiger partial charge in [0.25, 0.3) is 0 Å².